The lowest BCUT2D eigenvalue weighted by Crippen LogP contribution is -2.30. The van der Waals surface area contributed by atoms with Gasteiger partial charge in [-0.05, 0) is 49.1 Å². The zero-order valence-corrected chi connectivity index (χ0v) is 12.9. The number of hydrogen-bond donors (Lipinski definition) is 1. The van der Waals surface area contributed by atoms with E-state index in [1.54, 1.807) is 0 Å². The van der Waals surface area contributed by atoms with Crippen molar-refractivity contribution in [1.82, 2.24) is 0 Å². The largest absolute Gasteiger partial charge is 0.379 e. The second-order valence-electron chi connectivity index (χ2n) is 5.55. The van der Waals surface area contributed by atoms with E-state index < -0.39 is 0 Å². The molecule has 0 amide bonds. The molecule has 0 unspecified atom stereocenters. The van der Waals surface area contributed by atoms with E-state index in [2.05, 4.69) is 40.5 Å². The van der Waals surface area contributed by atoms with Crippen LogP contribution in [0.3, 0.4) is 0 Å². The van der Waals surface area contributed by atoms with Gasteiger partial charge in [0.05, 0.1) is 11.4 Å². The molecule has 0 spiro atoms. The van der Waals surface area contributed by atoms with Gasteiger partial charge < -0.3 is 10.2 Å². The van der Waals surface area contributed by atoms with Crippen LogP contribution in [0.2, 0.25) is 5.02 Å². The van der Waals surface area contributed by atoms with Crippen LogP contribution in [0.4, 0.5) is 11.4 Å². The van der Waals surface area contributed by atoms with E-state index in [9.17, 15) is 0 Å². The van der Waals surface area contributed by atoms with Gasteiger partial charge in [-0.25, -0.2) is 0 Å². The zero-order valence-electron chi connectivity index (χ0n) is 12.2. The van der Waals surface area contributed by atoms with Crippen molar-refractivity contribution >= 4 is 23.0 Å². The molecule has 3 heteroatoms. The maximum Gasteiger partial charge on any atom is 0.0602 e. The summed E-state index contributed by atoms with van der Waals surface area (Å²) in [4.78, 5) is 2.49. The van der Waals surface area contributed by atoms with Crippen LogP contribution in [-0.4, -0.2) is 13.1 Å². The number of nitrogens with one attached hydrogen (secondary N) is 1. The molecule has 0 aromatic heterocycles. The van der Waals surface area contributed by atoms with Crippen molar-refractivity contribution < 1.29 is 0 Å². The normalized spacial score (nSPS) is 15.0. The van der Waals surface area contributed by atoms with Gasteiger partial charge in [-0.1, -0.05) is 35.9 Å². The van der Waals surface area contributed by atoms with Crippen LogP contribution < -0.4 is 10.2 Å². The van der Waals surface area contributed by atoms with Crippen molar-refractivity contribution in [3.05, 3.63) is 59.1 Å². The Morgan fingerprint density at radius 3 is 2.57 bits per heavy atom. The zero-order chi connectivity index (χ0) is 14.5. The van der Waals surface area contributed by atoms with Crippen molar-refractivity contribution in [2.24, 2.45) is 0 Å². The number of para-hydroxylation sites is 2. The maximum atomic E-state index is 6.04. The molecule has 0 radical (unpaired) electrons. The Hall–Kier alpha value is -1.67. The van der Waals surface area contributed by atoms with Crippen molar-refractivity contribution in [2.75, 3.05) is 23.3 Å². The van der Waals surface area contributed by atoms with E-state index >= 15 is 0 Å². The molecule has 1 aliphatic heterocycles. The van der Waals surface area contributed by atoms with Crippen LogP contribution in [0, 0.1) is 0 Å². The third kappa shape index (κ3) is 3.70. The summed E-state index contributed by atoms with van der Waals surface area (Å²) in [6, 6.07) is 16.6. The quantitative estimate of drug-likeness (QED) is 0.860. The maximum absolute atomic E-state index is 6.04. The predicted molar refractivity (Wildman–Crippen MR) is 91.3 cm³/mol. The van der Waals surface area contributed by atoms with E-state index in [0.717, 1.165) is 24.7 Å². The Kier molecular flexibility index (Phi) is 4.66. The molecule has 0 aliphatic carbocycles. The summed E-state index contributed by atoms with van der Waals surface area (Å²) in [5, 5.41) is 4.34. The van der Waals surface area contributed by atoms with Gasteiger partial charge in [0, 0.05) is 24.7 Å². The highest BCUT2D eigenvalue weighted by Gasteiger charge is 2.13. The molecule has 0 atom stereocenters. The fraction of sp³-hybridized carbons (Fsp3) is 0.333. The topological polar surface area (TPSA) is 15.3 Å². The molecule has 0 bridgehead atoms. The van der Waals surface area contributed by atoms with Crippen LogP contribution in [0.15, 0.2) is 48.5 Å². The summed E-state index contributed by atoms with van der Waals surface area (Å²) >= 11 is 6.04. The lowest BCUT2D eigenvalue weighted by molar-refractivity contribution is 0.578. The van der Waals surface area contributed by atoms with Crippen molar-refractivity contribution in [3.8, 4) is 0 Å². The first-order valence-electron chi connectivity index (χ1n) is 7.65. The molecule has 3 rings (SSSR count). The van der Waals surface area contributed by atoms with E-state index in [1.165, 1.54) is 36.2 Å². The first-order valence-corrected chi connectivity index (χ1v) is 8.03. The van der Waals surface area contributed by atoms with Gasteiger partial charge in [0.2, 0.25) is 0 Å². The van der Waals surface area contributed by atoms with Crippen LogP contribution in [-0.2, 0) is 6.54 Å². The fourth-order valence-corrected chi connectivity index (χ4v) is 3.09. The smallest absolute Gasteiger partial charge is 0.0602 e. The second-order valence-corrected chi connectivity index (χ2v) is 5.98. The van der Waals surface area contributed by atoms with Crippen LogP contribution in [0.1, 0.15) is 24.8 Å². The summed E-state index contributed by atoms with van der Waals surface area (Å²) in [6.07, 6.45) is 3.94. The van der Waals surface area contributed by atoms with Crippen LogP contribution in [0.25, 0.3) is 0 Å². The van der Waals surface area contributed by atoms with Gasteiger partial charge in [-0.3, -0.25) is 0 Å². The van der Waals surface area contributed by atoms with Crippen molar-refractivity contribution in [1.29, 1.82) is 0 Å². The summed E-state index contributed by atoms with van der Waals surface area (Å²) in [5.41, 5.74) is 3.73. The van der Waals surface area contributed by atoms with Crippen molar-refractivity contribution in [3.63, 3.8) is 0 Å². The molecular weight excluding hydrogens is 280 g/mol. The van der Waals surface area contributed by atoms with Gasteiger partial charge in [0.15, 0.2) is 0 Å². The Balaban J connectivity index is 1.73. The van der Waals surface area contributed by atoms with Crippen molar-refractivity contribution in [2.45, 2.75) is 25.8 Å². The summed E-state index contributed by atoms with van der Waals surface area (Å²) in [5.74, 6) is 0. The average molecular weight is 301 g/mol. The molecule has 1 fully saturated rings. The number of rotatable bonds is 4. The molecule has 0 saturated carbocycles. The molecule has 1 heterocycles. The summed E-state index contributed by atoms with van der Waals surface area (Å²) in [6.45, 7) is 3.12. The monoisotopic (exact) mass is 300 g/mol. The Morgan fingerprint density at radius 2 is 1.76 bits per heavy atom. The summed E-state index contributed by atoms with van der Waals surface area (Å²) in [7, 11) is 0. The third-order valence-electron chi connectivity index (χ3n) is 3.97. The first-order chi connectivity index (χ1) is 10.3. The number of benzene rings is 2. The van der Waals surface area contributed by atoms with Gasteiger partial charge >= 0.3 is 0 Å². The number of nitrogens with zero attached hydrogens (tertiary/aromatic N) is 1. The van der Waals surface area contributed by atoms with Gasteiger partial charge in [0.25, 0.3) is 0 Å². The number of halogens is 1. The Labute approximate surface area is 131 Å². The SMILES string of the molecule is Clc1cccc(CNc2ccccc2N2CCCCC2)c1. The minimum atomic E-state index is 0.790. The third-order valence-corrected chi connectivity index (χ3v) is 4.21. The lowest BCUT2D eigenvalue weighted by atomic mass is 10.1. The number of piperidine rings is 1. The molecule has 21 heavy (non-hydrogen) atoms. The van der Waals surface area contributed by atoms with E-state index in [4.69, 9.17) is 11.6 Å². The van der Waals surface area contributed by atoms with Gasteiger partial charge in [-0.15, -0.1) is 0 Å². The highest BCUT2D eigenvalue weighted by molar-refractivity contribution is 6.30. The standard InChI is InChI=1S/C18H21ClN2/c19-16-8-6-7-15(13-16)14-20-17-9-2-3-10-18(17)21-11-4-1-5-12-21/h2-3,6-10,13,20H,1,4-5,11-12,14H2. The molecule has 2 nitrogen and oxygen atoms in total. The number of hydrogen-bond acceptors (Lipinski definition) is 2. The Morgan fingerprint density at radius 1 is 0.952 bits per heavy atom. The molecular formula is C18H21ClN2. The Bertz CT molecular complexity index is 591. The molecule has 110 valence electrons. The van der Waals surface area contributed by atoms with E-state index in [1.807, 2.05) is 18.2 Å². The summed E-state index contributed by atoms with van der Waals surface area (Å²) < 4.78 is 0. The molecule has 1 aliphatic rings. The highest BCUT2D eigenvalue weighted by Crippen LogP contribution is 2.28. The molecule has 1 saturated heterocycles. The first kappa shape index (κ1) is 14.3. The molecule has 2 aromatic carbocycles. The van der Waals surface area contributed by atoms with E-state index in [-0.39, 0.29) is 0 Å². The van der Waals surface area contributed by atoms with Crippen LogP contribution in [0.5, 0.6) is 0 Å². The van der Waals surface area contributed by atoms with Crippen LogP contribution >= 0.6 is 11.6 Å². The lowest BCUT2D eigenvalue weighted by Gasteiger charge is -2.30. The highest BCUT2D eigenvalue weighted by atomic mass is 35.5. The van der Waals surface area contributed by atoms with E-state index in [0.29, 0.717) is 0 Å². The number of anilines is 2. The average Bonchev–Trinajstić information content (AvgIpc) is 2.54. The fourth-order valence-electron chi connectivity index (χ4n) is 2.88. The molecule has 1 N–H and O–H groups in total. The predicted octanol–water partition coefficient (Wildman–Crippen LogP) is 4.94. The molecule has 2 aromatic rings. The minimum absolute atomic E-state index is 0.790. The van der Waals surface area contributed by atoms with Gasteiger partial charge in [-0.2, -0.15) is 0 Å². The second kappa shape index (κ2) is 6.86. The van der Waals surface area contributed by atoms with Gasteiger partial charge in [0.1, 0.15) is 0 Å². The minimum Gasteiger partial charge on any atom is -0.379 e.